The van der Waals surface area contributed by atoms with Gasteiger partial charge in [0.2, 0.25) is 0 Å². The predicted octanol–water partition coefficient (Wildman–Crippen LogP) is 2.99. The summed E-state index contributed by atoms with van der Waals surface area (Å²) in [5, 5.41) is 3.92. The fourth-order valence-corrected chi connectivity index (χ4v) is 2.79. The lowest BCUT2D eigenvalue weighted by Crippen LogP contribution is -2.51. The highest BCUT2D eigenvalue weighted by molar-refractivity contribution is 6.35. The highest BCUT2D eigenvalue weighted by Gasteiger charge is 2.34. The number of carbonyl (C=O) groups is 1. The predicted molar refractivity (Wildman–Crippen MR) is 74.2 cm³/mol. The fourth-order valence-electron chi connectivity index (χ4n) is 2.41. The molecule has 1 aromatic carbocycles. The van der Waals surface area contributed by atoms with Gasteiger partial charge in [-0.1, -0.05) is 36.0 Å². The molecule has 3 nitrogen and oxygen atoms in total. The number of halogens is 2. The van der Waals surface area contributed by atoms with Crippen molar-refractivity contribution < 1.29 is 4.79 Å². The summed E-state index contributed by atoms with van der Waals surface area (Å²) >= 11 is 11.9. The van der Waals surface area contributed by atoms with E-state index in [2.05, 4.69) is 5.32 Å². The lowest BCUT2D eigenvalue weighted by Gasteiger charge is -2.28. The second-order valence-electron chi connectivity index (χ2n) is 4.77. The van der Waals surface area contributed by atoms with Crippen LogP contribution in [0.2, 0.25) is 10.0 Å². The lowest BCUT2D eigenvalue weighted by atomic mass is 9.97. The molecule has 1 aromatic rings. The van der Waals surface area contributed by atoms with Crippen molar-refractivity contribution in [2.24, 2.45) is 5.73 Å². The van der Waals surface area contributed by atoms with Gasteiger partial charge in [0.1, 0.15) is 0 Å². The van der Waals surface area contributed by atoms with Crippen LogP contribution in [0.25, 0.3) is 0 Å². The molecule has 0 aromatic heterocycles. The largest absolute Gasteiger partial charge is 0.345 e. The molecule has 0 aliphatic heterocycles. The molecule has 0 bridgehead atoms. The van der Waals surface area contributed by atoms with E-state index >= 15 is 0 Å². The first kappa shape index (κ1) is 13.7. The van der Waals surface area contributed by atoms with Crippen molar-refractivity contribution in [1.29, 1.82) is 0 Å². The molecule has 1 amide bonds. The van der Waals surface area contributed by atoms with E-state index in [0.29, 0.717) is 22.2 Å². The Hall–Kier alpha value is -0.770. The first-order chi connectivity index (χ1) is 8.56. The van der Waals surface area contributed by atoms with E-state index in [9.17, 15) is 4.79 Å². The maximum atomic E-state index is 12.2. The third-order valence-electron chi connectivity index (χ3n) is 3.50. The van der Waals surface area contributed by atoms with Gasteiger partial charge in [-0.25, -0.2) is 0 Å². The summed E-state index contributed by atoms with van der Waals surface area (Å²) in [4.78, 5) is 12.2. The standard InChI is InChI=1S/C13H16Cl2N2O/c14-9-3-4-11(15)10(7-9)12(18)17-13(8-16)5-1-2-6-13/h3-4,7H,1-2,5-6,8,16H2,(H,17,18). The number of hydrogen-bond acceptors (Lipinski definition) is 2. The summed E-state index contributed by atoms with van der Waals surface area (Å²) in [6, 6.07) is 4.87. The average Bonchev–Trinajstić information content (AvgIpc) is 2.81. The smallest absolute Gasteiger partial charge is 0.253 e. The van der Waals surface area contributed by atoms with Crippen LogP contribution >= 0.6 is 23.2 Å². The van der Waals surface area contributed by atoms with Gasteiger partial charge in [-0.15, -0.1) is 0 Å². The van der Waals surface area contributed by atoms with Gasteiger partial charge in [0.25, 0.3) is 5.91 Å². The molecule has 3 N–H and O–H groups in total. The van der Waals surface area contributed by atoms with Crippen molar-refractivity contribution in [3.63, 3.8) is 0 Å². The van der Waals surface area contributed by atoms with Gasteiger partial charge in [0.05, 0.1) is 16.1 Å². The molecule has 5 heteroatoms. The number of rotatable bonds is 3. The van der Waals surface area contributed by atoms with E-state index in [1.54, 1.807) is 18.2 Å². The highest BCUT2D eigenvalue weighted by Crippen LogP contribution is 2.29. The molecule has 18 heavy (non-hydrogen) atoms. The molecule has 0 unspecified atom stereocenters. The van der Waals surface area contributed by atoms with Crippen molar-refractivity contribution >= 4 is 29.1 Å². The molecule has 1 aliphatic carbocycles. The Kier molecular flexibility index (Phi) is 4.15. The number of benzene rings is 1. The summed E-state index contributed by atoms with van der Waals surface area (Å²) in [5.41, 5.74) is 5.92. The molecule has 0 heterocycles. The summed E-state index contributed by atoms with van der Waals surface area (Å²) in [6.07, 6.45) is 4.04. The van der Waals surface area contributed by atoms with Gasteiger partial charge in [0.15, 0.2) is 0 Å². The van der Waals surface area contributed by atoms with Gasteiger partial charge in [0, 0.05) is 11.6 Å². The first-order valence-corrected chi connectivity index (χ1v) is 6.79. The van der Waals surface area contributed by atoms with E-state index in [-0.39, 0.29) is 11.4 Å². The van der Waals surface area contributed by atoms with Crippen molar-refractivity contribution in [2.75, 3.05) is 6.54 Å². The normalized spacial score (nSPS) is 17.7. The Morgan fingerprint density at radius 1 is 1.33 bits per heavy atom. The number of amides is 1. The van der Waals surface area contributed by atoms with Crippen LogP contribution in [0.1, 0.15) is 36.0 Å². The molecule has 0 radical (unpaired) electrons. The topological polar surface area (TPSA) is 55.1 Å². The lowest BCUT2D eigenvalue weighted by molar-refractivity contribution is 0.0903. The zero-order valence-corrected chi connectivity index (χ0v) is 11.5. The Labute approximate surface area is 117 Å². The minimum atomic E-state index is -0.275. The number of nitrogens with two attached hydrogens (primary N) is 1. The second-order valence-corrected chi connectivity index (χ2v) is 5.61. The molecule has 1 fully saturated rings. The van der Waals surface area contributed by atoms with Crippen molar-refractivity contribution in [3.05, 3.63) is 33.8 Å². The van der Waals surface area contributed by atoms with Gasteiger partial charge in [-0.3, -0.25) is 4.79 Å². The van der Waals surface area contributed by atoms with Gasteiger partial charge in [-0.05, 0) is 31.0 Å². The summed E-state index contributed by atoms with van der Waals surface area (Å²) < 4.78 is 0. The molecule has 0 saturated heterocycles. The molecule has 2 rings (SSSR count). The van der Waals surface area contributed by atoms with Crippen molar-refractivity contribution in [3.8, 4) is 0 Å². The minimum Gasteiger partial charge on any atom is -0.345 e. The number of carbonyl (C=O) groups excluding carboxylic acids is 1. The third-order valence-corrected chi connectivity index (χ3v) is 4.07. The van der Waals surface area contributed by atoms with Crippen molar-refractivity contribution in [1.82, 2.24) is 5.32 Å². The van der Waals surface area contributed by atoms with E-state index < -0.39 is 0 Å². The average molecular weight is 287 g/mol. The molecular weight excluding hydrogens is 271 g/mol. The molecule has 0 spiro atoms. The quantitative estimate of drug-likeness (QED) is 0.898. The SMILES string of the molecule is NCC1(NC(=O)c2cc(Cl)ccc2Cl)CCCC1. The van der Waals surface area contributed by atoms with E-state index in [1.807, 2.05) is 0 Å². The Morgan fingerprint density at radius 3 is 2.61 bits per heavy atom. The molecular formula is C13H16Cl2N2O. The molecule has 1 aliphatic rings. The first-order valence-electron chi connectivity index (χ1n) is 6.04. The maximum absolute atomic E-state index is 12.2. The van der Waals surface area contributed by atoms with E-state index in [1.165, 1.54) is 0 Å². The van der Waals surface area contributed by atoms with Crippen molar-refractivity contribution in [2.45, 2.75) is 31.2 Å². The number of hydrogen-bond donors (Lipinski definition) is 2. The second kappa shape index (κ2) is 5.47. The Morgan fingerprint density at radius 2 is 2.00 bits per heavy atom. The molecule has 1 saturated carbocycles. The van der Waals surface area contributed by atoms with E-state index in [4.69, 9.17) is 28.9 Å². The van der Waals surface area contributed by atoms with Gasteiger partial charge in [-0.2, -0.15) is 0 Å². The third kappa shape index (κ3) is 2.79. The zero-order chi connectivity index (χ0) is 13.2. The molecule has 0 atom stereocenters. The van der Waals surface area contributed by atoms with Crippen LogP contribution in [0.5, 0.6) is 0 Å². The van der Waals surface area contributed by atoms with Gasteiger partial charge >= 0.3 is 0 Å². The summed E-state index contributed by atoms with van der Waals surface area (Å²) in [6.45, 7) is 0.455. The van der Waals surface area contributed by atoms with Gasteiger partial charge < -0.3 is 11.1 Å². The maximum Gasteiger partial charge on any atom is 0.253 e. The molecule has 98 valence electrons. The minimum absolute atomic E-state index is 0.199. The van der Waals surface area contributed by atoms with Crippen LogP contribution in [0.4, 0.5) is 0 Å². The van der Waals surface area contributed by atoms with E-state index in [0.717, 1.165) is 25.7 Å². The van der Waals surface area contributed by atoms with Crippen LogP contribution < -0.4 is 11.1 Å². The van der Waals surface area contributed by atoms with Crippen LogP contribution in [0.3, 0.4) is 0 Å². The number of nitrogens with one attached hydrogen (secondary N) is 1. The zero-order valence-electron chi connectivity index (χ0n) is 10.0. The van der Waals surface area contributed by atoms with Crippen LogP contribution in [-0.4, -0.2) is 18.0 Å². The van der Waals surface area contributed by atoms with Crippen LogP contribution in [-0.2, 0) is 0 Å². The fraction of sp³-hybridized carbons (Fsp3) is 0.462. The Bertz CT molecular complexity index is 456. The Balaban J connectivity index is 2.18. The summed E-state index contributed by atoms with van der Waals surface area (Å²) in [5.74, 6) is -0.199. The monoisotopic (exact) mass is 286 g/mol. The van der Waals surface area contributed by atoms with Crippen LogP contribution in [0.15, 0.2) is 18.2 Å². The summed E-state index contributed by atoms with van der Waals surface area (Å²) in [7, 11) is 0. The highest BCUT2D eigenvalue weighted by atomic mass is 35.5. The van der Waals surface area contributed by atoms with Crippen LogP contribution in [0, 0.1) is 0 Å².